The van der Waals surface area contributed by atoms with E-state index in [0.29, 0.717) is 11.6 Å². The summed E-state index contributed by atoms with van der Waals surface area (Å²) in [6.45, 7) is 6.46. The molecule has 94 valence electrons. The number of hydrogen-bond donors (Lipinski definition) is 1. The molecule has 3 heteroatoms. The summed E-state index contributed by atoms with van der Waals surface area (Å²) in [6.07, 6.45) is 1.64. The van der Waals surface area contributed by atoms with Crippen molar-refractivity contribution < 1.29 is 4.74 Å². The summed E-state index contributed by atoms with van der Waals surface area (Å²) in [5, 5.41) is 0. The SMILES string of the molecule is CC(C)(C)c1ccccc1Oc1cc(N)ccn1. The van der Waals surface area contributed by atoms with Gasteiger partial charge in [0, 0.05) is 23.5 Å². The van der Waals surface area contributed by atoms with Crippen molar-refractivity contribution in [3.8, 4) is 11.6 Å². The molecule has 1 aromatic heterocycles. The third kappa shape index (κ3) is 2.80. The molecule has 0 unspecified atom stereocenters. The molecule has 18 heavy (non-hydrogen) atoms. The largest absolute Gasteiger partial charge is 0.439 e. The zero-order valence-corrected chi connectivity index (χ0v) is 11.0. The molecule has 0 aliphatic rings. The van der Waals surface area contributed by atoms with Crippen LogP contribution in [0.25, 0.3) is 0 Å². The predicted octanol–water partition coefficient (Wildman–Crippen LogP) is 3.75. The molecule has 2 N–H and O–H groups in total. The van der Waals surface area contributed by atoms with E-state index in [-0.39, 0.29) is 5.41 Å². The monoisotopic (exact) mass is 242 g/mol. The zero-order valence-electron chi connectivity index (χ0n) is 11.0. The standard InChI is InChI=1S/C15H18N2O/c1-15(2,3)12-6-4-5-7-13(12)18-14-10-11(16)8-9-17-14/h4-10H,1-3H3,(H2,16,17). The minimum atomic E-state index is 0.0247. The van der Waals surface area contributed by atoms with Gasteiger partial charge < -0.3 is 10.5 Å². The Morgan fingerprint density at radius 2 is 1.83 bits per heavy atom. The lowest BCUT2D eigenvalue weighted by Gasteiger charge is -2.22. The Kier molecular flexibility index (Phi) is 3.24. The van der Waals surface area contributed by atoms with Gasteiger partial charge in [-0.2, -0.15) is 0 Å². The van der Waals surface area contributed by atoms with Crippen LogP contribution < -0.4 is 10.5 Å². The maximum Gasteiger partial charge on any atom is 0.221 e. The molecule has 0 fully saturated rings. The Bertz CT molecular complexity index is 544. The quantitative estimate of drug-likeness (QED) is 0.872. The number of anilines is 1. The highest BCUT2D eigenvalue weighted by Gasteiger charge is 2.18. The number of hydrogen-bond acceptors (Lipinski definition) is 3. The lowest BCUT2D eigenvalue weighted by Crippen LogP contribution is -2.12. The Hall–Kier alpha value is -2.03. The van der Waals surface area contributed by atoms with E-state index in [1.807, 2.05) is 18.2 Å². The van der Waals surface area contributed by atoms with E-state index < -0.39 is 0 Å². The minimum absolute atomic E-state index is 0.0247. The molecule has 1 heterocycles. The number of ether oxygens (including phenoxy) is 1. The minimum Gasteiger partial charge on any atom is -0.439 e. The second kappa shape index (κ2) is 4.69. The van der Waals surface area contributed by atoms with E-state index in [1.165, 1.54) is 0 Å². The van der Waals surface area contributed by atoms with Gasteiger partial charge >= 0.3 is 0 Å². The second-order valence-electron chi connectivity index (χ2n) is 5.28. The fourth-order valence-electron chi connectivity index (χ4n) is 1.77. The second-order valence-corrected chi connectivity index (χ2v) is 5.28. The molecule has 0 atom stereocenters. The van der Waals surface area contributed by atoms with E-state index in [9.17, 15) is 0 Å². The average molecular weight is 242 g/mol. The predicted molar refractivity (Wildman–Crippen MR) is 73.9 cm³/mol. The molecule has 1 aromatic carbocycles. The molecule has 0 aliphatic carbocycles. The maximum absolute atomic E-state index is 5.83. The molecular weight excluding hydrogens is 224 g/mol. The molecule has 2 rings (SSSR count). The van der Waals surface area contributed by atoms with E-state index >= 15 is 0 Å². The third-order valence-electron chi connectivity index (χ3n) is 2.67. The van der Waals surface area contributed by atoms with E-state index in [4.69, 9.17) is 10.5 Å². The van der Waals surface area contributed by atoms with Crippen LogP contribution in [-0.2, 0) is 5.41 Å². The smallest absolute Gasteiger partial charge is 0.221 e. The van der Waals surface area contributed by atoms with Crippen molar-refractivity contribution in [3.63, 3.8) is 0 Å². The van der Waals surface area contributed by atoms with Gasteiger partial charge in [-0.05, 0) is 17.5 Å². The summed E-state index contributed by atoms with van der Waals surface area (Å²) < 4.78 is 5.83. The van der Waals surface area contributed by atoms with Crippen molar-refractivity contribution in [3.05, 3.63) is 48.2 Å². The summed E-state index contributed by atoms with van der Waals surface area (Å²) in [4.78, 5) is 4.16. The number of nitrogens with zero attached hydrogens (tertiary/aromatic N) is 1. The lowest BCUT2D eigenvalue weighted by atomic mass is 9.86. The average Bonchev–Trinajstić information content (AvgIpc) is 2.28. The van der Waals surface area contributed by atoms with Crippen LogP contribution in [0.15, 0.2) is 42.6 Å². The summed E-state index contributed by atoms with van der Waals surface area (Å²) in [7, 11) is 0. The zero-order chi connectivity index (χ0) is 13.2. The van der Waals surface area contributed by atoms with Crippen molar-refractivity contribution in [2.45, 2.75) is 26.2 Å². The molecule has 0 aliphatic heterocycles. The number of aromatic nitrogens is 1. The highest BCUT2D eigenvalue weighted by molar-refractivity contribution is 5.44. The van der Waals surface area contributed by atoms with Crippen LogP contribution in [0.3, 0.4) is 0 Å². The molecule has 0 radical (unpaired) electrons. The molecule has 3 nitrogen and oxygen atoms in total. The Morgan fingerprint density at radius 1 is 1.11 bits per heavy atom. The highest BCUT2D eigenvalue weighted by Crippen LogP contribution is 2.33. The summed E-state index contributed by atoms with van der Waals surface area (Å²) in [6, 6.07) is 11.5. The number of nitrogens with two attached hydrogens (primary N) is 1. The van der Waals surface area contributed by atoms with Gasteiger partial charge in [0.2, 0.25) is 5.88 Å². The number of nitrogen functional groups attached to an aromatic ring is 1. The van der Waals surface area contributed by atoms with Crippen molar-refractivity contribution >= 4 is 5.69 Å². The number of benzene rings is 1. The molecule has 0 saturated carbocycles. The van der Waals surface area contributed by atoms with Gasteiger partial charge in [-0.15, -0.1) is 0 Å². The van der Waals surface area contributed by atoms with Gasteiger partial charge in [0.05, 0.1) is 0 Å². The van der Waals surface area contributed by atoms with Gasteiger partial charge in [0.25, 0.3) is 0 Å². The third-order valence-corrected chi connectivity index (χ3v) is 2.67. The van der Waals surface area contributed by atoms with Crippen LogP contribution in [0, 0.1) is 0 Å². The molecule has 2 aromatic rings. The van der Waals surface area contributed by atoms with Gasteiger partial charge in [0.1, 0.15) is 5.75 Å². The van der Waals surface area contributed by atoms with Crippen LogP contribution in [0.2, 0.25) is 0 Å². The lowest BCUT2D eigenvalue weighted by molar-refractivity contribution is 0.440. The first-order chi connectivity index (χ1) is 8.47. The van der Waals surface area contributed by atoms with Gasteiger partial charge in [-0.1, -0.05) is 39.0 Å². The molecule has 0 saturated heterocycles. The Labute approximate surface area is 108 Å². The van der Waals surface area contributed by atoms with Crippen LogP contribution in [0.5, 0.6) is 11.6 Å². The Morgan fingerprint density at radius 3 is 2.50 bits per heavy atom. The van der Waals surface area contributed by atoms with Crippen molar-refractivity contribution in [1.82, 2.24) is 4.98 Å². The normalized spacial score (nSPS) is 11.3. The van der Waals surface area contributed by atoms with Crippen molar-refractivity contribution in [1.29, 1.82) is 0 Å². The van der Waals surface area contributed by atoms with Crippen molar-refractivity contribution in [2.24, 2.45) is 0 Å². The maximum atomic E-state index is 5.83. The molecule has 0 spiro atoms. The van der Waals surface area contributed by atoms with Crippen LogP contribution in [0.1, 0.15) is 26.3 Å². The summed E-state index contributed by atoms with van der Waals surface area (Å²) in [5.41, 5.74) is 7.53. The molecule has 0 amide bonds. The van der Waals surface area contributed by atoms with Gasteiger partial charge in [0.15, 0.2) is 0 Å². The van der Waals surface area contributed by atoms with E-state index in [1.54, 1.807) is 18.3 Å². The van der Waals surface area contributed by atoms with Crippen LogP contribution >= 0.6 is 0 Å². The van der Waals surface area contributed by atoms with Crippen LogP contribution in [-0.4, -0.2) is 4.98 Å². The summed E-state index contributed by atoms with van der Waals surface area (Å²) in [5.74, 6) is 1.34. The topological polar surface area (TPSA) is 48.1 Å². The van der Waals surface area contributed by atoms with Gasteiger partial charge in [-0.3, -0.25) is 0 Å². The first-order valence-electron chi connectivity index (χ1n) is 5.96. The first kappa shape index (κ1) is 12.4. The van der Waals surface area contributed by atoms with E-state index in [0.717, 1.165) is 11.3 Å². The first-order valence-corrected chi connectivity index (χ1v) is 5.96. The van der Waals surface area contributed by atoms with Crippen molar-refractivity contribution in [2.75, 3.05) is 5.73 Å². The molecule has 0 bridgehead atoms. The highest BCUT2D eigenvalue weighted by atomic mass is 16.5. The molecular formula is C15H18N2O. The number of pyridine rings is 1. The van der Waals surface area contributed by atoms with Crippen LogP contribution in [0.4, 0.5) is 5.69 Å². The Balaban J connectivity index is 2.35. The number of para-hydroxylation sites is 1. The number of rotatable bonds is 2. The van der Waals surface area contributed by atoms with E-state index in [2.05, 4.69) is 31.8 Å². The fraction of sp³-hybridized carbons (Fsp3) is 0.267. The summed E-state index contributed by atoms with van der Waals surface area (Å²) >= 11 is 0. The fourth-order valence-corrected chi connectivity index (χ4v) is 1.77. The van der Waals surface area contributed by atoms with Gasteiger partial charge in [-0.25, -0.2) is 4.98 Å².